The van der Waals surface area contributed by atoms with Crippen molar-refractivity contribution in [3.05, 3.63) is 135 Å². The first-order valence-electron chi connectivity index (χ1n) is 10.3. The van der Waals surface area contributed by atoms with Gasteiger partial charge < -0.3 is 0 Å². The summed E-state index contributed by atoms with van der Waals surface area (Å²) in [5, 5.41) is 13.4. The zero-order valence-electron chi connectivity index (χ0n) is 18.3. The van der Waals surface area contributed by atoms with Crippen molar-refractivity contribution in [3.63, 3.8) is 0 Å². The molecule has 0 unspecified atom stereocenters. The molecule has 0 aliphatic rings. The minimum Gasteiger partial charge on any atom is -0.260 e. The van der Waals surface area contributed by atoms with E-state index < -0.39 is 0 Å². The molecule has 6 rings (SSSR count). The van der Waals surface area contributed by atoms with Gasteiger partial charge in [-0.15, -0.1) is 82.2 Å². The van der Waals surface area contributed by atoms with Crippen LogP contribution in [0.2, 0.25) is 0 Å². The Balaban J connectivity index is 0.000000156. The summed E-state index contributed by atoms with van der Waals surface area (Å²) in [5.74, 6) is 0. The Kier molecular flexibility index (Phi) is 8.53. The van der Waals surface area contributed by atoms with E-state index in [9.17, 15) is 0 Å². The van der Waals surface area contributed by atoms with Crippen molar-refractivity contribution in [1.29, 1.82) is 0 Å². The number of aromatic nitrogens is 4. The van der Waals surface area contributed by atoms with Gasteiger partial charge in [0, 0.05) is 24.8 Å². The molecule has 4 aromatic carbocycles. The fraction of sp³-hybridized carbons (Fsp3) is 0. The van der Waals surface area contributed by atoms with Gasteiger partial charge in [-0.2, -0.15) is 10.2 Å². The number of fused-ring (bicyclic) bond motifs is 2. The molecule has 2 aromatic heterocycles. The van der Waals surface area contributed by atoms with E-state index in [-0.39, 0.29) is 21.7 Å². The summed E-state index contributed by atoms with van der Waals surface area (Å²) in [4.78, 5) is 0. The van der Waals surface area contributed by atoms with E-state index in [1.165, 1.54) is 21.5 Å². The molecule has 0 amide bonds. The molecule has 33 heavy (non-hydrogen) atoms. The van der Waals surface area contributed by atoms with Crippen molar-refractivity contribution in [1.82, 2.24) is 19.6 Å². The van der Waals surface area contributed by atoms with E-state index in [0.717, 1.165) is 11.4 Å². The van der Waals surface area contributed by atoms with Crippen molar-refractivity contribution in [3.8, 4) is 11.4 Å². The predicted octanol–water partition coefficient (Wildman–Crippen LogP) is 6.84. The van der Waals surface area contributed by atoms with Gasteiger partial charge >= 0.3 is 21.7 Å². The number of benzene rings is 2. The molecular formula is C28H24N4Ti. The fourth-order valence-corrected chi connectivity index (χ4v) is 3.38. The van der Waals surface area contributed by atoms with Crippen LogP contribution in [0, 0.1) is 0 Å². The first-order valence-corrected chi connectivity index (χ1v) is 10.3. The Bertz CT molecular complexity index is 1230. The Morgan fingerprint density at radius 3 is 1.39 bits per heavy atom. The average Bonchev–Trinajstić information content (AvgIpc) is 3.64. The normalized spacial score (nSPS) is 9.82. The fourth-order valence-electron chi connectivity index (χ4n) is 3.38. The summed E-state index contributed by atoms with van der Waals surface area (Å²) in [7, 11) is 0. The van der Waals surface area contributed by atoms with E-state index in [1.54, 1.807) is 24.5 Å². The number of allylic oxidation sites excluding steroid dienone is 2. The first kappa shape index (κ1) is 23.9. The van der Waals surface area contributed by atoms with Crippen LogP contribution in [0.5, 0.6) is 0 Å². The van der Waals surface area contributed by atoms with Gasteiger partial charge in [-0.3, -0.25) is 9.36 Å². The van der Waals surface area contributed by atoms with Crippen LogP contribution in [0.3, 0.4) is 0 Å². The molecule has 0 bridgehead atoms. The van der Waals surface area contributed by atoms with Crippen LogP contribution < -0.4 is 0 Å². The molecule has 6 aromatic rings. The maximum atomic E-state index is 4.20. The minimum absolute atomic E-state index is 0. The summed E-state index contributed by atoms with van der Waals surface area (Å²) in [6.07, 6.45) is 10.8. The first-order chi connectivity index (χ1) is 15.8. The molecule has 4 nitrogen and oxygen atoms in total. The molecule has 0 radical (unpaired) electrons. The zero-order chi connectivity index (χ0) is 22.2. The van der Waals surface area contributed by atoms with Crippen LogP contribution >= 0.6 is 0 Å². The molecule has 0 atom stereocenters. The van der Waals surface area contributed by atoms with Crippen LogP contribution in [-0.4, -0.2) is 19.6 Å². The van der Waals surface area contributed by atoms with E-state index in [0.29, 0.717) is 0 Å². The number of hydrogen-bond donors (Lipinski definition) is 0. The summed E-state index contributed by atoms with van der Waals surface area (Å²) in [6.45, 7) is 6.72. The molecule has 0 spiro atoms. The summed E-state index contributed by atoms with van der Waals surface area (Å²) in [6, 6.07) is 29.1. The number of rotatable bonds is 3. The SMILES string of the molecule is C=CC=C.[Ti+2].c1ccc2[cH-]c(-n3cccn3)cc2c1.c1ccc2[cH-]c(-n3cccn3)cc2c1. The predicted molar refractivity (Wildman–Crippen MR) is 134 cm³/mol. The van der Waals surface area contributed by atoms with E-state index in [2.05, 4.69) is 96.2 Å². The summed E-state index contributed by atoms with van der Waals surface area (Å²) in [5.41, 5.74) is 2.24. The molecule has 0 fully saturated rings. The Hall–Kier alpha value is -3.73. The van der Waals surface area contributed by atoms with E-state index in [1.807, 2.05) is 33.9 Å². The van der Waals surface area contributed by atoms with Gasteiger partial charge in [-0.25, -0.2) is 0 Å². The van der Waals surface area contributed by atoms with Crippen LogP contribution in [0.1, 0.15) is 0 Å². The van der Waals surface area contributed by atoms with Crippen molar-refractivity contribution in [2.24, 2.45) is 0 Å². The number of hydrogen-bond acceptors (Lipinski definition) is 2. The van der Waals surface area contributed by atoms with Crippen molar-refractivity contribution in [2.75, 3.05) is 0 Å². The zero-order valence-corrected chi connectivity index (χ0v) is 19.8. The molecule has 2 heterocycles. The van der Waals surface area contributed by atoms with Gasteiger partial charge in [-0.05, 0) is 23.5 Å². The Morgan fingerprint density at radius 1 is 0.636 bits per heavy atom. The quantitative estimate of drug-likeness (QED) is 0.163. The van der Waals surface area contributed by atoms with E-state index in [4.69, 9.17) is 0 Å². The molecule has 0 aliphatic heterocycles. The smallest absolute Gasteiger partial charge is 0.260 e. The third-order valence-corrected chi connectivity index (χ3v) is 4.91. The molecule has 5 heteroatoms. The Morgan fingerprint density at radius 2 is 1.06 bits per heavy atom. The molecule has 160 valence electrons. The maximum Gasteiger partial charge on any atom is 2.00 e. The van der Waals surface area contributed by atoms with Gasteiger partial charge in [0.2, 0.25) is 0 Å². The third-order valence-electron chi connectivity index (χ3n) is 4.91. The third kappa shape index (κ3) is 5.95. The molecular weight excluding hydrogens is 440 g/mol. The van der Waals surface area contributed by atoms with Crippen LogP contribution in [-0.2, 0) is 21.7 Å². The second-order valence-corrected chi connectivity index (χ2v) is 7.06. The van der Waals surface area contributed by atoms with Gasteiger partial charge in [0.05, 0.1) is 0 Å². The summed E-state index contributed by atoms with van der Waals surface area (Å²) >= 11 is 0. The van der Waals surface area contributed by atoms with Crippen molar-refractivity contribution in [2.45, 2.75) is 0 Å². The topological polar surface area (TPSA) is 35.6 Å². The van der Waals surface area contributed by atoms with Crippen molar-refractivity contribution >= 4 is 21.5 Å². The maximum absolute atomic E-state index is 4.20. The second-order valence-electron chi connectivity index (χ2n) is 7.06. The monoisotopic (exact) mass is 464 g/mol. The molecule has 0 N–H and O–H groups in total. The molecule has 0 saturated carbocycles. The molecule has 0 saturated heterocycles. The van der Waals surface area contributed by atoms with Gasteiger partial charge in [0.15, 0.2) is 0 Å². The standard InChI is InChI=1S/2C12H9N2.C4H6.Ti/c2*1-2-5-11-9-12(8-10(11)4-1)14-7-3-6-13-14;1-3-4-2;/h2*1-9H;3-4H,1-2H2;/q2*-1;;+2. The van der Waals surface area contributed by atoms with Gasteiger partial charge in [-0.1, -0.05) is 37.4 Å². The number of nitrogens with zero attached hydrogens (tertiary/aromatic N) is 4. The van der Waals surface area contributed by atoms with Gasteiger partial charge in [0.25, 0.3) is 0 Å². The largest absolute Gasteiger partial charge is 2.00 e. The average molecular weight is 464 g/mol. The van der Waals surface area contributed by atoms with Crippen LogP contribution in [0.4, 0.5) is 0 Å². The van der Waals surface area contributed by atoms with E-state index >= 15 is 0 Å². The van der Waals surface area contributed by atoms with Crippen LogP contribution in [0.15, 0.2) is 135 Å². The van der Waals surface area contributed by atoms with Gasteiger partial charge in [0.1, 0.15) is 0 Å². The Labute approximate surface area is 208 Å². The summed E-state index contributed by atoms with van der Waals surface area (Å²) < 4.78 is 3.75. The molecule has 0 aliphatic carbocycles. The second kappa shape index (κ2) is 11.8. The van der Waals surface area contributed by atoms with Crippen molar-refractivity contribution < 1.29 is 21.7 Å². The minimum atomic E-state index is 0. The van der Waals surface area contributed by atoms with Crippen LogP contribution in [0.25, 0.3) is 32.9 Å².